The number of hydrogen-bond acceptors (Lipinski definition) is 3. The molecule has 0 aliphatic heterocycles. The van der Waals surface area contributed by atoms with Crippen molar-refractivity contribution in [3.05, 3.63) is 71.8 Å². The van der Waals surface area contributed by atoms with Gasteiger partial charge in [-0.05, 0) is 17.5 Å². The molecule has 0 saturated heterocycles. The number of ether oxygens (including phenoxy) is 2. The Morgan fingerprint density at radius 1 is 0.929 bits per heavy atom. The maximum atomic E-state index is 5.47. The van der Waals surface area contributed by atoms with E-state index in [9.17, 15) is 0 Å². The molecule has 0 fully saturated rings. The average molecular weight is 497 g/mol. The minimum absolute atomic E-state index is 0. The molecule has 0 bridgehead atoms. The van der Waals surface area contributed by atoms with Crippen LogP contribution in [0.2, 0.25) is 0 Å². The van der Waals surface area contributed by atoms with Gasteiger partial charge in [0.25, 0.3) is 0 Å². The molecule has 0 heterocycles. The van der Waals surface area contributed by atoms with Crippen LogP contribution in [0.3, 0.4) is 0 Å². The summed E-state index contributed by atoms with van der Waals surface area (Å²) >= 11 is 0. The summed E-state index contributed by atoms with van der Waals surface area (Å²) in [6.07, 6.45) is 0.981. The van der Waals surface area contributed by atoms with Crippen molar-refractivity contribution in [2.24, 2.45) is 4.99 Å². The smallest absolute Gasteiger partial charge is 0.191 e. The van der Waals surface area contributed by atoms with Gasteiger partial charge in [-0.25, -0.2) is 0 Å². The third-order valence-corrected chi connectivity index (χ3v) is 4.31. The molecule has 0 amide bonds. The monoisotopic (exact) mass is 497 g/mol. The molecule has 6 heteroatoms. The Hall–Kier alpha value is -1.64. The number of halogens is 1. The summed E-state index contributed by atoms with van der Waals surface area (Å²) in [5, 5.41) is 6.74. The van der Waals surface area contributed by atoms with Crippen molar-refractivity contribution in [1.29, 1.82) is 0 Å². The van der Waals surface area contributed by atoms with Gasteiger partial charge in [0.2, 0.25) is 0 Å². The van der Waals surface area contributed by atoms with Gasteiger partial charge in [-0.1, -0.05) is 60.7 Å². The molecule has 0 saturated carbocycles. The zero-order chi connectivity index (χ0) is 19.2. The Morgan fingerprint density at radius 2 is 1.61 bits per heavy atom. The van der Waals surface area contributed by atoms with E-state index in [1.165, 1.54) is 11.1 Å². The summed E-state index contributed by atoms with van der Waals surface area (Å²) in [6.45, 7) is 3.36. The maximum absolute atomic E-state index is 5.47. The van der Waals surface area contributed by atoms with Crippen LogP contribution in [0.1, 0.15) is 17.0 Å². The molecule has 1 atom stereocenters. The summed E-state index contributed by atoms with van der Waals surface area (Å²) in [6, 6.07) is 21.2. The van der Waals surface area contributed by atoms with E-state index in [0.717, 1.165) is 18.9 Å². The third kappa shape index (κ3) is 9.52. The van der Waals surface area contributed by atoms with Crippen molar-refractivity contribution < 1.29 is 9.47 Å². The molecule has 2 aromatic carbocycles. The van der Waals surface area contributed by atoms with E-state index in [0.29, 0.717) is 32.3 Å². The Bertz CT molecular complexity index is 653. The molecule has 1 unspecified atom stereocenters. The molecule has 0 aromatic heterocycles. The van der Waals surface area contributed by atoms with Crippen molar-refractivity contribution in [2.75, 3.05) is 47.1 Å². The zero-order valence-electron chi connectivity index (χ0n) is 16.8. The molecule has 2 N–H and O–H groups in total. The molecule has 154 valence electrons. The fourth-order valence-electron chi connectivity index (χ4n) is 2.86. The predicted octanol–water partition coefficient (Wildman–Crippen LogP) is 3.46. The van der Waals surface area contributed by atoms with Crippen molar-refractivity contribution in [3.8, 4) is 0 Å². The molecule has 2 aromatic rings. The highest BCUT2D eigenvalue weighted by Gasteiger charge is 2.13. The summed E-state index contributed by atoms with van der Waals surface area (Å²) in [7, 11) is 3.46. The first-order valence-corrected chi connectivity index (χ1v) is 9.43. The summed E-state index contributed by atoms with van der Waals surface area (Å²) in [4.78, 5) is 4.31. The second-order valence-electron chi connectivity index (χ2n) is 6.28. The second-order valence-corrected chi connectivity index (χ2v) is 6.28. The Morgan fingerprint density at radius 3 is 2.25 bits per heavy atom. The Kier molecular flexibility index (Phi) is 13.3. The van der Waals surface area contributed by atoms with Gasteiger partial charge in [-0.3, -0.25) is 4.99 Å². The molecule has 0 radical (unpaired) electrons. The molecule has 0 aliphatic carbocycles. The Labute approximate surface area is 186 Å². The van der Waals surface area contributed by atoms with Crippen LogP contribution >= 0.6 is 24.0 Å². The standard InChI is InChI=1S/C22H31N3O2.HI/c1-23-22(24-13-14-27-16-15-26-2)25-18-21(20-11-7-4-8-12-20)17-19-9-5-3-6-10-19;/h3-12,21H,13-18H2,1-2H3,(H2,23,24,25);1H. The minimum Gasteiger partial charge on any atom is -0.382 e. The third-order valence-electron chi connectivity index (χ3n) is 4.31. The first-order chi connectivity index (χ1) is 13.3. The molecular formula is C22H32IN3O2. The number of methoxy groups -OCH3 is 1. The number of benzene rings is 2. The van der Waals surface area contributed by atoms with Gasteiger partial charge in [-0.2, -0.15) is 0 Å². The minimum atomic E-state index is 0. The van der Waals surface area contributed by atoms with Crippen molar-refractivity contribution in [1.82, 2.24) is 10.6 Å². The lowest BCUT2D eigenvalue weighted by molar-refractivity contribution is 0.0733. The average Bonchev–Trinajstić information content (AvgIpc) is 2.73. The lowest BCUT2D eigenvalue weighted by Crippen LogP contribution is -2.41. The van der Waals surface area contributed by atoms with Crippen molar-refractivity contribution >= 4 is 29.9 Å². The highest BCUT2D eigenvalue weighted by molar-refractivity contribution is 14.0. The van der Waals surface area contributed by atoms with Crippen molar-refractivity contribution in [3.63, 3.8) is 0 Å². The normalized spacial score (nSPS) is 12.1. The van der Waals surface area contributed by atoms with Gasteiger partial charge in [0.05, 0.1) is 19.8 Å². The van der Waals surface area contributed by atoms with Crippen LogP contribution in [-0.2, 0) is 15.9 Å². The van der Waals surface area contributed by atoms with E-state index in [1.54, 1.807) is 14.2 Å². The molecular weight excluding hydrogens is 465 g/mol. The summed E-state index contributed by atoms with van der Waals surface area (Å²) in [5.41, 5.74) is 2.66. The van der Waals surface area contributed by atoms with Gasteiger partial charge in [-0.15, -0.1) is 24.0 Å². The fourth-order valence-corrected chi connectivity index (χ4v) is 2.86. The highest BCUT2D eigenvalue weighted by atomic mass is 127. The van der Waals surface area contributed by atoms with E-state index < -0.39 is 0 Å². The van der Waals surface area contributed by atoms with E-state index in [-0.39, 0.29) is 24.0 Å². The maximum Gasteiger partial charge on any atom is 0.191 e. The van der Waals surface area contributed by atoms with E-state index in [1.807, 2.05) is 0 Å². The van der Waals surface area contributed by atoms with Crippen LogP contribution < -0.4 is 10.6 Å². The molecule has 0 aliphatic rings. The van der Waals surface area contributed by atoms with E-state index in [2.05, 4.69) is 76.3 Å². The number of rotatable bonds is 11. The Balaban J connectivity index is 0.00000392. The quantitative estimate of drug-likeness (QED) is 0.216. The van der Waals surface area contributed by atoms with E-state index in [4.69, 9.17) is 9.47 Å². The largest absolute Gasteiger partial charge is 0.382 e. The highest BCUT2D eigenvalue weighted by Crippen LogP contribution is 2.20. The lowest BCUT2D eigenvalue weighted by Gasteiger charge is -2.20. The molecule has 28 heavy (non-hydrogen) atoms. The van der Waals surface area contributed by atoms with Crippen LogP contribution in [0.5, 0.6) is 0 Å². The number of hydrogen-bond donors (Lipinski definition) is 2. The lowest BCUT2D eigenvalue weighted by atomic mass is 9.92. The topological polar surface area (TPSA) is 54.9 Å². The number of nitrogens with zero attached hydrogens (tertiary/aromatic N) is 1. The van der Waals surface area contributed by atoms with Crippen molar-refractivity contribution in [2.45, 2.75) is 12.3 Å². The van der Waals surface area contributed by atoms with Crippen LogP contribution in [0.15, 0.2) is 65.7 Å². The van der Waals surface area contributed by atoms with Gasteiger partial charge >= 0.3 is 0 Å². The molecule has 0 spiro atoms. The van der Waals surface area contributed by atoms with Crippen LogP contribution in [-0.4, -0.2) is 53.0 Å². The number of nitrogens with one attached hydrogen (secondary N) is 2. The van der Waals surface area contributed by atoms with Gasteiger partial charge < -0.3 is 20.1 Å². The predicted molar refractivity (Wildman–Crippen MR) is 127 cm³/mol. The first kappa shape index (κ1) is 24.4. The van der Waals surface area contributed by atoms with Gasteiger partial charge in [0.15, 0.2) is 5.96 Å². The summed E-state index contributed by atoms with van der Waals surface area (Å²) < 4.78 is 10.4. The SMILES string of the molecule is CN=C(NCCOCCOC)NCC(Cc1ccccc1)c1ccccc1.I. The van der Waals surface area contributed by atoms with Crippen LogP contribution in [0, 0.1) is 0 Å². The number of guanidine groups is 1. The molecule has 5 nitrogen and oxygen atoms in total. The van der Waals surface area contributed by atoms with E-state index >= 15 is 0 Å². The molecule has 2 rings (SSSR count). The summed E-state index contributed by atoms with van der Waals surface area (Å²) in [5.74, 6) is 1.16. The van der Waals surface area contributed by atoms with Gasteiger partial charge in [0.1, 0.15) is 0 Å². The second kappa shape index (κ2) is 15.3. The zero-order valence-corrected chi connectivity index (χ0v) is 19.1. The number of aliphatic imine (C=N–C) groups is 1. The first-order valence-electron chi connectivity index (χ1n) is 9.43. The van der Waals surface area contributed by atoms with Crippen LogP contribution in [0.25, 0.3) is 0 Å². The fraction of sp³-hybridized carbons (Fsp3) is 0.409. The van der Waals surface area contributed by atoms with Gasteiger partial charge in [0, 0.05) is 33.2 Å². The van der Waals surface area contributed by atoms with Crippen LogP contribution in [0.4, 0.5) is 0 Å².